The van der Waals surface area contributed by atoms with Gasteiger partial charge in [-0.1, -0.05) is 91.0 Å². The van der Waals surface area contributed by atoms with Gasteiger partial charge >= 0.3 is 6.09 Å². The molecule has 4 fully saturated rings. The minimum absolute atomic E-state index is 0.0897. The summed E-state index contributed by atoms with van der Waals surface area (Å²) in [7, 11) is 2.69. The number of alkyl carbamates (subject to hydrolysis) is 1. The van der Waals surface area contributed by atoms with Gasteiger partial charge in [0.15, 0.2) is 6.04 Å². The van der Waals surface area contributed by atoms with E-state index in [1.807, 2.05) is 82.7 Å². The number of aromatic nitrogens is 4. The van der Waals surface area contributed by atoms with Gasteiger partial charge in [-0.2, -0.15) is 4.89 Å². The van der Waals surface area contributed by atoms with E-state index in [1.165, 1.54) is 20.6 Å². The highest BCUT2D eigenvalue weighted by Crippen LogP contribution is 2.55. The van der Waals surface area contributed by atoms with Gasteiger partial charge in [-0.3, -0.25) is 9.59 Å². The molecule has 0 spiro atoms. The number of H-pyrrole nitrogens is 2. The molecule has 14 nitrogen and oxygen atoms in total. The third-order valence-corrected chi connectivity index (χ3v) is 12.5. The van der Waals surface area contributed by atoms with Gasteiger partial charge in [0.1, 0.15) is 17.7 Å². The number of rotatable bonds is 12. The molecule has 304 valence electrons. The lowest BCUT2D eigenvalue weighted by Gasteiger charge is -2.30. The molecule has 2 saturated heterocycles. The van der Waals surface area contributed by atoms with Crippen molar-refractivity contribution in [2.45, 2.75) is 61.9 Å². The molecule has 3 amide bonds. The Labute approximate surface area is 345 Å². The SMILES string of the molecule is COOC=N[C@@H](C(=O)N1[C@@H]2C[C@@H]2C[C@H]1c1nc2ccc(-c3ccc(-c4cnc([C@@H]5C[C@H]6C[C@H]6N5C(=O)[C@H](NC(=O)OC)c5ccccc5)[nH]4)cc3)cc2[nH]1)c1ccccc1. The van der Waals surface area contributed by atoms with E-state index < -0.39 is 18.2 Å². The average Bonchev–Trinajstić information content (AvgIpc) is 3.91. The predicted molar refractivity (Wildman–Crippen MR) is 222 cm³/mol. The molecule has 4 aromatic carbocycles. The lowest BCUT2D eigenvalue weighted by Crippen LogP contribution is -2.44. The van der Waals surface area contributed by atoms with E-state index in [0.717, 1.165) is 76.3 Å². The van der Waals surface area contributed by atoms with Gasteiger partial charge in [-0.15, -0.1) is 0 Å². The molecule has 8 atom stereocenters. The summed E-state index contributed by atoms with van der Waals surface area (Å²) < 4.78 is 4.87. The first-order valence-electron chi connectivity index (χ1n) is 20.3. The Kier molecular flexibility index (Phi) is 9.63. The van der Waals surface area contributed by atoms with Crippen LogP contribution in [0.1, 0.15) is 72.6 Å². The van der Waals surface area contributed by atoms with Crippen molar-refractivity contribution < 1.29 is 28.9 Å². The van der Waals surface area contributed by atoms with E-state index in [0.29, 0.717) is 17.4 Å². The number of aliphatic imine (C=N–C) groups is 1. The molecule has 3 N–H and O–H groups in total. The van der Waals surface area contributed by atoms with Crippen LogP contribution in [0.3, 0.4) is 0 Å². The highest BCUT2D eigenvalue weighted by atomic mass is 17.2. The van der Waals surface area contributed by atoms with Gasteiger partial charge in [-0.25, -0.2) is 19.8 Å². The maximum atomic E-state index is 14.2. The van der Waals surface area contributed by atoms with Crippen LogP contribution in [-0.2, 0) is 24.1 Å². The van der Waals surface area contributed by atoms with Gasteiger partial charge in [0.2, 0.25) is 6.40 Å². The summed E-state index contributed by atoms with van der Waals surface area (Å²) in [6.45, 7) is 0. The van der Waals surface area contributed by atoms with Crippen LogP contribution in [0.25, 0.3) is 33.4 Å². The molecule has 14 heteroatoms. The quantitative estimate of drug-likeness (QED) is 0.0499. The number of fused-ring (bicyclic) bond motifs is 3. The fraction of sp³-hybridized carbons (Fsp3) is 0.304. The van der Waals surface area contributed by atoms with Crippen LogP contribution >= 0.6 is 0 Å². The van der Waals surface area contributed by atoms with Gasteiger partial charge in [0.25, 0.3) is 11.8 Å². The number of piperidine rings is 2. The molecule has 4 heterocycles. The first kappa shape index (κ1) is 37.5. The lowest BCUT2D eigenvalue weighted by molar-refractivity contribution is -0.188. The number of benzene rings is 4. The molecule has 2 aromatic heterocycles. The molecule has 2 aliphatic carbocycles. The minimum Gasteiger partial charge on any atom is -0.453 e. The van der Waals surface area contributed by atoms with Crippen molar-refractivity contribution >= 4 is 35.3 Å². The summed E-state index contributed by atoms with van der Waals surface area (Å²) in [5.41, 5.74) is 7.09. The molecule has 0 bridgehead atoms. The van der Waals surface area contributed by atoms with E-state index in [-0.39, 0.29) is 36.0 Å². The van der Waals surface area contributed by atoms with Crippen LogP contribution in [0.4, 0.5) is 4.79 Å². The lowest BCUT2D eigenvalue weighted by atomic mass is 10.0. The summed E-state index contributed by atoms with van der Waals surface area (Å²) in [4.78, 5) is 75.5. The molecule has 0 radical (unpaired) electrons. The summed E-state index contributed by atoms with van der Waals surface area (Å²) in [6, 6.07) is 31.4. The normalized spacial score (nSPS) is 23.6. The molecule has 2 aliphatic heterocycles. The van der Waals surface area contributed by atoms with Crippen LogP contribution in [0.15, 0.2) is 114 Å². The molecule has 6 aromatic rings. The Balaban J connectivity index is 0.857. The number of carbonyl (C=O) groups excluding carboxylic acids is 3. The van der Waals surface area contributed by atoms with Gasteiger partial charge in [0.05, 0.1) is 49.2 Å². The minimum atomic E-state index is -0.873. The number of hydrogen-bond donors (Lipinski definition) is 3. The number of hydrogen-bond acceptors (Lipinski definition) is 9. The van der Waals surface area contributed by atoms with Crippen molar-refractivity contribution in [3.8, 4) is 22.4 Å². The van der Waals surface area contributed by atoms with E-state index in [4.69, 9.17) is 24.5 Å². The fourth-order valence-electron chi connectivity index (χ4n) is 9.35. The van der Waals surface area contributed by atoms with Crippen molar-refractivity contribution in [3.63, 3.8) is 0 Å². The first-order chi connectivity index (χ1) is 29.4. The number of likely N-dealkylation sites (tertiary alicyclic amines) is 2. The number of carbonyl (C=O) groups is 3. The number of amides is 3. The van der Waals surface area contributed by atoms with Crippen LogP contribution in [-0.4, -0.2) is 80.3 Å². The van der Waals surface area contributed by atoms with Crippen molar-refractivity contribution in [2.24, 2.45) is 16.8 Å². The number of nitrogens with one attached hydrogen (secondary N) is 3. The number of nitrogens with zero attached hydrogens (tertiary/aromatic N) is 5. The second-order valence-corrected chi connectivity index (χ2v) is 16.0. The number of imidazole rings is 2. The van der Waals surface area contributed by atoms with Crippen molar-refractivity contribution in [2.75, 3.05) is 14.2 Å². The van der Waals surface area contributed by atoms with Gasteiger partial charge in [-0.05, 0) is 77.5 Å². The molecule has 4 aliphatic rings. The molecule has 10 rings (SSSR count). The van der Waals surface area contributed by atoms with Crippen molar-refractivity contribution in [1.29, 1.82) is 0 Å². The van der Waals surface area contributed by atoms with Crippen molar-refractivity contribution in [1.82, 2.24) is 35.1 Å². The Bertz CT molecular complexity index is 2580. The zero-order chi connectivity index (χ0) is 40.9. The molecular formula is C46H44N8O6. The number of methoxy groups -OCH3 is 1. The van der Waals surface area contributed by atoms with Crippen molar-refractivity contribution in [3.05, 3.63) is 132 Å². The average molecular weight is 805 g/mol. The van der Waals surface area contributed by atoms with Crippen LogP contribution in [0.5, 0.6) is 0 Å². The Morgan fingerprint density at radius 1 is 0.750 bits per heavy atom. The second kappa shape index (κ2) is 15.4. The largest absolute Gasteiger partial charge is 0.453 e. The van der Waals surface area contributed by atoms with Gasteiger partial charge in [0, 0.05) is 12.1 Å². The molecular weight excluding hydrogens is 761 g/mol. The van der Waals surface area contributed by atoms with Crippen LogP contribution in [0, 0.1) is 11.8 Å². The van der Waals surface area contributed by atoms with E-state index in [1.54, 1.807) is 0 Å². The van der Waals surface area contributed by atoms with E-state index in [9.17, 15) is 14.4 Å². The number of ether oxygens (including phenoxy) is 1. The predicted octanol–water partition coefficient (Wildman–Crippen LogP) is 7.39. The third-order valence-electron chi connectivity index (χ3n) is 12.5. The zero-order valence-corrected chi connectivity index (χ0v) is 33.1. The second-order valence-electron chi connectivity index (χ2n) is 16.0. The summed E-state index contributed by atoms with van der Waals surface area (Å²) in [5, 5.41) is 2.76. The topological polar surface area (TPSA) is 167 Å². The molecule has 0 unspecified atom stereocenters. The molecule has 2 saturated carbocycles. The van der Waals surface area contributed by atoms with E-state index >= 15 is 0 Å². The Morgan fingerprint density at radius 2 is 1.38 bits per heavy atom. The van der Waals surface area contributed by atoms with E-state index in [2.05, 4.69) is 56.7 Å². The standard InChI is InChI=1S/C46H44N8O6/c1-58-46(57)52-41(29-11-7-4-8-12-29)45(56)53-36-20-31(36)22-38(53)42-47-24-35(51-42)27-15-13-26(14-16-27)30-17-18-33-34(19-30)50-43(49-33)39-23-32-21-37(32)54(39)44(55)40(48-25-60-59-2)28-9-5-3-6-10-28/h3-19,24-25,31-32,36-41H,20-23H2,1-2H3,(H,47,51)(H,49,50)(H,52,57)/t31-,32-,36-,37-,38+,39+,40-,41-/m1/s1. The van der Waals surface area contributed by atoms with Crippen LogP contribution in [0.2, 0.25) is 0 Å². The summed E-state index contributed by atoms with van der Waals surface area (Å²) in [5.74, 6) is 2.08. The summed E-state index contributed by atoms with van der Waals surface area (Å²) >= 11 is 0. The van der Waals surface area contributed by atoms with Crippen LogP contribution < -0.4 is 5.32 Å². The monoisotopic (exact) mass is 804 g/mol. The maximum absolute atomic E-state index is 14.2. The zero-order valence-electron chi connectivity index (χ0n) is 33.1. The first-order valence-corrected chi connectivity index (χ1v) is 20.3. The van der Waals surface area contributed by atoms with Gasteiger partial charge < -0.3 is 34.7 Å². The molecule has 60 heavy (non-hydrogen) atoms. The Hall–Kier alpha value is -6.80. The smallest absolute Gasteiger partial charge is 0.407 e. The Morgan fingerprint density at radius 3 is 2.07 bits per heavy atom. The number of aromatic amines is 2. The maximum Gasteiger partial charge on any atom is 0.407 e. The highest BCUT2D eigenvalue weighted by Gasteiger charge is 2.57. The summed E-state index contributed by atoms with van der Waals surface area (Å²) in [6.07, 6.45) is 5.91. The third kappa shape index (κ3) is 6.96. The highest BCUT2D eigenvalue weighted by molar-refractivity contribution is 5.89. The fourth-order valence-corrected chi connectivity index (χ4v) is 9.35.